The van der Waals surface area contributed by atoms with Gasteiger partial charge in [0.1, 0.15) is 38.2 Å². The molecular weight excluding hydrogens is 1130 g/mol. The summed E-state index contributed by atoms with van der Waals surface area (Å²) in [5, 5.41) is 31.4. The molecule has 0 aliphatic rings. The molecule has 3 heterocycles. The number of benzene rings is 2. The van der Waals surface area contributed by atoms with Crippen LogP contribution in [0.3, 0.4) is 0 Å². The Bertz CT molecular complexity index is 2890. The molecule has 5 rings (SSSR count). The van der Waals surface area contributed by atoms with Crippen LogP contribution in [0.15, 0.2) is 72.8 Å². The maximum absolute atomic E-state index is 14.1. The zero-order valence-electron chi connectivity index (χ0n) is 47.2. The molecule has 0 aliphatic carbocycles. The number of thiophene rings is 3. The van der Waals surface area contributed by atoms with Gasteiger partial charge in [0.25, 0.3) is 5.24 Å². The van der Waals surface area contributed by atoms with Crippen molar-refractivity contribution in [2.45, 2.75) is 155 Å². The number of phenolic OH excluding ortho intramolecular Hbond substituents is 1. The topological polar surface area (TPSA) is 315 Å². The zero-order valence-corrected chi connectivity index (χ0v) is 50.5. The molecule has 0 fully saturated rings. The van der Waals surface area contributed by atoms with Crippen LogP contribution in [-0.4, -0.2) is 73.8 Å². The van der Waals surface area contributed by atoms with Crippen molar-refractivity contribution in [3.8, 4) is 11.5 Å². The van der Waals surface area contributed by atoms with Crippen molar-refractivity contribution in [2.75, 3.05) is 0 Å². The largest absolute Gasteiger partial charge is 0.505 e. The number of esters is 4. The summed E-state index contributed by atoms with van der Waals surface area (Å²) in [7, 11) is 0. The second kappa shape index (κ2) is 31.0. The normalized spacial score (nSPS) is 11.3. The van der Waals surface area contributed by atoms with E-state index in [0.29, 0.717) is 24.1 Å². The number of amidine groups is 2. The highest BCUT2D eigenvalue weighted by Gasteiger charge is 2.36. The van der Waals surface area contributed by atoms with Crippen molar-refractivity contribution < 1.29 is 66.7 Å². The number of ether oxygens (including phenoxy) is 4. The van der Waals surface area contributed by atoms with Gasteiger partial charge in [-0.15, -0.1) is 34.0 Å². The molecule has 11 N–H and O–H groups in total. The van der Waals surface area contributed by atoms with Gasteiger partial charge in [-0.25, -0.2) is 18.4 Å². The highest BCUT2D eigenvalue weighted by molar-refractivity contribution is 7.15. The predicted octanol–water partition coefficient (Wildman–Crippen LogP) is 13.9. The molecule has 5 aromatic rings. The van der Waals surface area contributed by atoms with Crippen LogP contribution in [0.1, 0.15) is 173 Å². The minimum Gasteiger partial charge on any atom is -0.505 e. The van der Waals surface area contributed by atoms with E-state index < -0.39 is 67.6 Å². The number of aromatic carboxylic acids is 1. The SMILES string of the molecule is C.C.CC(C)(C)OC(=O)C(C)(C)Cc1ccc(C(=O)Cl)s1.CC(C)(C)OC(=O)C(C)(C)Cc1ccc(C(=O)O)s1.CC(C)(C)OC(=O)C(C)(C)Cc1ccc(C(=O)Oc2ccc(C(=N)N)cc2F)s1.N.N=C(N)c1ccc(O)c(F)c1. The highest BCUT2D eigenvalue weighted by atomic mass is 35.5. The lowest BCUT2D eigenvalue weighted by Gasteiger charge is -2.28. The molecular formula is C58H82ClF2N5O12S3. The van der Waals surface area contributed by atoms with E-state index in [1.807, 2.05) is 82.2 Å². The molecule has 23 heteroatoms. The number of rotatable bonds is 15. The Hall–Kier alpha value is -6.59. The van der Waals surface area contributed by atoms with E-state index in [1.54, 1.807) is 58.0 Å². The standard InChI is InChI=1S/C21H25FN2O4S.C14H19ClO3S.C14H20O4S.C7H7FN2O.2CH4.H3N/c1-20(2,3)28-19(26)21(4,5)11-13-7-9-16(29-13)18(25)27-15-8-6-12(17(23)24)10-14(15)22;2*1-13(2,3)18-12(17)14(4,5)8-9-6-7-10(19-9)11(15)16;8-5-3-4(7(9)10)1-2-6(5)11;;;/h6-10H,11H2,1-5H3,(H3,23,24);6-7H,8H2,1-5H3;6-7H,8H2,1-5H3,(H,15,16);1-3,11H,(H3,9,10);2*1H4;1H3. The number of nitrogen functional groups attached to an aromatic ring is 2. The van der Waals surface area contributed by atoms with Gasteiger partial charge in [0.15, 0.2) is 23.1 Å². The Morgan fingerprint density at radius 1 is 0.531 bits per heavy atom. The Labute approximate surface area is 492 Å². The number of phenols is 1. The van der Waals surface area contributed by atoms with Gasteiger partial charge in [-0.3, -0.25) is 30.0 Å². The first kappa shape index (κ1) is 76.5. The summed E-state index contributed by atoms with van der Waals surface area (Å²) in [4.78, 5) is 74.5. The van der Waals surface area contributed by atoms with Gasteiger partial charge in [-0.2, -0.15) is 0 Å². The van der Waals surface area contributed by atoms with Crippen molar-refractivity contribution in [3.05, 3.63) is 125 Å². The molecule has 17 nitrogen and oxygen atoms in total. The number of nitrogens with two attached hydrogens (primary N) is 2. The Kier molecular flexibility index (Phi) is 29.3. The van der Waals surface area contributed by atoms with Crippen molar-refractivity contribution >= 4 is 92.4 Å². The molecule has 81 heavy (non-hydrogen) atoms. The molecule has 0 spiro atoms. The number of aromatic hydroxyl groups is 1. The quantitative estimate of drug-likeness (QED) is 0.0128. The number of hydrogen-bond acceptors (Lipinski definition) is 17. The molecule has 0 atom stereocenters. The Morgan fingerprint density at radius 2 is 0.852 bits per heavy atom. The van der Waals surface area contributed by atoms with Crippen LogP contribution < -0.4 is 22.4 Å². The van der Waals surface area contributed by atoms with Gasteiger partial charge in [-0.05, 0) is 208 Å². The van der Waals surface area contributed by atoms with E-state index in [1.165, 1.54) is 52.2 Å². The average molecular weight is 1210 g/mol. The predicted molar refractivity (Wildman–Crippen MR) is 320 cm³/mol. The maximum Gasteiger partial charge on any atom is 0.353 e. The van der Waals surface area contributed by atoms with Gasteiger partial charge < -0.3 is 46.8 Å². The molecule has 0 aliphatic heterocycles. The summed E-state index contributed by atoms with van der Waals surface area (Å²) in [6.45, 7) is 27.3. The Balaban J connectivity index is 0. The molecule has 0 saturated carbocycles. The molecule has 0 amide bonds. The van der Waals surface area contributed by atoms with Crippen LogP contribution in [0.5, 0.6) is 11.5 Å². The van der Waals surface area contributed by atoms with E-state index in [-0.39, 0.29) is 77.2 Å². The molecule has 0 saturated heterocycles. The van der Waals surface area contributed by atoms with Gasteiger partial charge in [0, 0.05) is 25.8 Å². The number of halogens is 3. The smallest absolute Gasteiger partial charge is 0.353 e. The van der Waals surface area contributed by atoms with E-state index in [2.05, 4.69) is 0 Å². The van der Waals surface area contributed by atoms with Gasteiger partial charge in [0.05, 0.1) is 21.1 Å². The van der Waals surface area contributed by atoms with Crippen LogP contribution in [-0.2, 0) is 47.9 Å². The van der Waals surface area contributed by atoms with Crippen molar-refractivity contribution in [3.63, 3.8) is 0 Å². The third kappa shape index (κ3) is 26.7. The maximum atomic E-state index is 14.1. The summed E-state index contributed by atoms with van der Waals surface area (Å²) in [5.41, 5.74) is 7.17. The number of carbonyl (C=O) groups is 6. The van der Waals surface area contributed by atoms with Gasteiger partial charge in [-0.1, -0.05) is 14.9 Å². The van der Waals surface area contributed by atoms with Crippen molar-refractivity contribution in [1.29, 1.82) is 10.8 Å². The number of carboxylic acid groups (broad SMARTS) is 1. The first-order chi connectivity index (χ1) is 35.4. The van der Waals surface area contributed by atoms with Crippen LogP contribution >= 0.6 is 45.6 Å². The third-order valence-electron chi connectivity index (χ3n) is 10.00. The average Bonchev–Trinajstić information content (AvgIpc) is 4.06. The van der Waals surface area contributed by atoms with Gasteiger partial charge >= 0.3 is 29.8 Å². The monoisotopic (exact) mass is 1210 g/mol. The molecule has 0 unspecified atom stereocenters. The van der Waals surface area contributed by atoms with Crippen LogP contribution in [0.2, 0.25) is 0 Å². The highest BCUT2D eigenvalue weighted by Crippen LogP contribution is 2.33. The summed E-state index contributed by atoms with van der Waals surface area (Å²) >= 11 is 9.10. The van der Waals surface area contributed by atoms with E-state index in [4.69, 9.17) is 63.0 Å². The second-order valence-electron chi connectivity index (χ2n) is 22.6. The van der Waals surface area contributed by atoms with Crippen molar-refractivity contribution in [2.24, 2.45) is 27.7 Å². The third-order valence-corrected chi connectivity index (χ3v) is 13.5. The van der Waals surface area contributed by atoms with E-state index in [0.717, 1.165) is 32.8 Å². The lowest BCUT2D eigenvalue weighted by Crippen LogP contribution is -2.35. The molecule has 0 radical (unpaired) electrons. The van der Waals surface area contributed by atoms with E-state index >= 15 is 0 Å². The lowest BCUT2D eigenvalue weighted by molar-refractivity contribution is -0.166. The molecule has 2 aromatic carbocycles. The Morgan fingerprint density at radius 3 is 1.15 bits per heavy atom. The van der Waals surface area contributed by atoms with Crippen molar-refractivity contribution in [1.82, 2.24) is 6.15 Å². The molecule has 0 bridgehead atoms. The summed E-state index contributed by atoms with van der Waals surface area (Å²) in [6.07, 6.45) is 1.39. The summed E-state index contributed by atoms with van der Waals surface area (Å²) < 4.78 is 48.0. The van der Waals surface area contributed by atoms with Gasteiger partial charge in [0.2, 0.25) is 0 Å². The minimum atomic E-state index is -0.939. The fourth-order valence-corrected chi connectivity index (χ4v) is 9.53. The number of nitrogens with one attached hydrogen (secondary N) is 2. The minimum absolute atomic E-state index is 0. The number of carboxylic acids is 1. The first-order valence-corrected chi connectivity index (χ1v) is 26.8. The summed E-state index contributed by atoms with van der Waals surface area (Å²) in [6, 6.07) is 17.4. The fourth-order valence-electron chi connectivity index (χ4n) is 6.10. The number of carbonyl (C=O) groups excluding carboxylic acids is 5. The van der Waals surface area contributed by atoms with Crippen LogP contribution in [0.25, 0.3) is 0 Å². The van der Waals surface area contributed by atoms with Crippen LogP contribution in [0, 0.1) is 38.7 Å². The molecule has 3 aromatic heterocycles. The second-order valence-corrected chi connectivity index (χ2v) is 26.4. The zero-order chi connectivity index (χ0) is 60.1. The lowest BCUT2D eigenvalue weighted by atomic mass is 9.88. The van der Waals surface area contributed by atoms with Crippen LogP contribution in [0.4, 0.5) is 8.78 Å². The number of hydrogen-bond donors (Lipinski definition) is 7. The van der Waals surface area contributed by atoms with E-state index in [9.17, 15) is 37.5 Å². The fraction of sp³-hybridized carbons (Fsp3) is 0.448. The summed E-state index contributed by atoms with van der Waals surface area (Å²) in [5.74, 6) is -5.21. The first-order valence-electron chi connectivity index (χ1n) is 24.0. The molecule has 450 valence electrons.